The van der Waals surface area contributed by atoms with Crippen LogP contribution in [0.15, 0.2) is 35.7 Å². The lowest BCUT2D eigenvalue weighted by Gasteiger charge is -2.35. The summed E-state index contributed by atoms with van der Waals surface area (Å²) < 4.78 is 0. The third-order valence-corrected chi connectivity index (χ3v) is 5.37. The SMILES string of the molecule is CC(=O)N1Cc2ccccc2C[C@@H]1C(=O)NCc1sccc1C. The molecule has 3 rings (SSSR count). The maximum atomic E-state index is 12.6. The van der Waals surface area contributed by atoms with Crippen LogP contribution >= 0.6 is 11.3 Å². The fourth-order valence-corrected chi connectivity index (χ4v) is 3.80. The van der Waals surface area contributed by atoms with Gasteiger partial charge in [-0.05, 0) is 35.1 Å². The Bertz CT molecular complexity index is 738. The number of fused-ring (bicyclic) bond motifs is 1. The Hall–Kier alpha value is -2.14. The molecule has 1 atom stereocenters. The predicted octanol–water partition coefficient (Wildman–Crippen LogP) is 2.65. The molecular weight excluding hydrogens is 308 g/mol. The highest BCUT2D eigenvalue weighted by atomic mass is 32.1. The molecular formula is C18H20N2O2S. The first-order valence-electron chi connectivity index (χ1n) is 7.71. The minimum atomic E-state index is -0.428. The van der Waals surface area contributed by atoms with Gasteiger partial charge in [-0.15, -0.1) is 11.3 Å². The predicted molar refractivity (Wildman–Crippen MR) is 91.1 cm³/mol. The normalized spacial score (nSPS) is 16.8. The fourth-order valence-electron chi connectivity index (χ4n) is 2.96. The molecule has 5 heteroatoms. The lowest BCUT2D eigenvalue weighted by molar-refractivity contribution is -0.140. The molecule has 2 aromatic rings. The molecule has 2 heterocycles. The molecule has 0 aliphatic carbocycles. The van der Waals surface area contributed by atoms with Crippen molar-refractivity contribution in [3.63, 3.8) is 0 Å². The molecule has 1 aromatic carbocycles. The van der Waals surface area contributed by atoms with Gasteiger partial charge in [0.25, 0.3) is 0 Å². The molecule has 23 heavy (non-hydrogen) atoms. The fraction of sp³-hybridized carbons (Fsp3) is 0.333. The van der Waals surface area contributed by atoms with Crippen LogP contribution < -0.4 is 5.32 Å². The van der Waals surface area contributed by atoms with Crippen LogP contribution in [-0.2, 0) is 29.1 Å². The zero-order valence-electron chi connectivity index (χ0n) is 13.3. The number of thiophene rings is 1. The molecule has 1 aliphatic rings. The first-order valence-corrected chi connectivity index (χ1v) is 8.59. The summed E-state index contributed by atoms with van der Waals surface area (Å²) in [5.41, 5.74) is 3.46. The van der Waals surface area contributed by atoms with Gasteiger partial charge >= 0.3 is 0 Å². The quantitative estimate of drug-likeness (QED) is 0.942. The van der Waals surface area contributed by atoms with E-state index in [0.29, 0.717) is 19.5 Å². The number of carbonyl (C=O) groups is 2. The van der Waals surface area contributed by atoms with Crippen LogP contribution in [0, 0.1) is 6.92 Å². The molecule has 0 unspecified atom stereocenters. The summed E-state index contributed by atoms with van der Waals surface area (Å²) in [5.74, 6) is -0.144. The largest absolute Gasteiger partial charge is 0.349 e. The van der Waals surface area contributed by atoms with Crippen molar-refractivity contribution < 1.29 is 9.59 Å². The van der Waals surface area contributed by atoms with E-state index in [1.807, 2.05) is 42.6 Å². The van der Waals surface area contributed by atoms with Gasteiger partial charge in [-0.3, -0.25) is 9.59 Å². The smallest absolute Gasteiger partial charge is 0.243 e. The molecule has 0 saturated heterocycles. The van der Waals surface area contributed by atoms with E-state index in [-0.39, 0.29) is 11.8 Å². The number of hydrogen-bond donors (Lipinski definition) is 1. The van der Waals surface area contributed by atoms with Gasteiger partial charge in [0.2, 0.25) is 11.8 Å². The van der Waals surface area contributed by atoms with Crippen molar-refractivity contribution in [2.75, 3.05) is 0 Å². The summed E-state index contributed by atoms with van der Waals surface area (Å²) >= 11 is 1.64. The molecule has 120 valence electrons. The number of carbonyl (C=O) groups excluding carboxylic acids is 2. The number of amides is 2. The number of benzene rings is 1. The summed E-state index contributed by atoms with van der Waals surface area (Å²) in [4.78, 5) is 27.4. The van der Waals surface area contributed by atoms with Crippen LogP contribution in [-0.4, -0.2) is 22.8 Å². The van der Waals surface area contributed by atoms with E-state index in [9.17, 15) is 9.59 Å². The molecule has 4 nitrogen and oxygen atoms in total. The van der Waals surface area contributed by atoms with Gasteiger partial charge in [-0.2, -0.15) is 0 Å². The monoisotopic (exact) mass is 328 g/mol. The van der Waals surface area contributed by atoms with Gasteiger partial charge in [0.15, 0.2) is 0 Å². The van der Waals surface area contributed by atoms with Crippen LogP contribution in [0.1, 0.15) is 28.5 Å². The molecule has 0 saturated carbocycles. The lowest BCUT2D eigenvalue weighted by Crippen LogP contribution is -2.51. The first-order chi connectivity index (χ1) is 11.1. The second-order valence-electron chi connectivity index (χ2n) is 5.88. The van der Waals surface area contributed by atoms with E-state index in [2.05, 4.69) is 5.32 Å². The lowest BCUT2D eigenvalue weighted by atomic mass is 9.93. The molecule has 0 fully saturated rings. The molecule has 0 radical (unpaired) electrons. The first kappa shape index (κ1) is 15.7. The van der Waals surface area contributed by atoms with E-state index >= 15 is 0 Å². The number of nitrogens with zero attached hydrogens (tertiary/aromatic N) is 1. The summed E-state index contributed by atoms with van der Waals surface area (Å²) in [6, 6.07) is 9.63. The summed E-state index contributed by atoms with van der Waals surface area (Å²) in [5, 5.41) is 5.01. The topological polar surface area (TPSA) is 49.4 Å². The Balaban J connectivity index is 1.75. The third kappa shape index (κ3) is 3.29. The van der Waals surface area contributed by atoms with Gasteiger partial charge in [0.1, 0.15) is 6.04 Å². The average molecular weight is 328 g/mol. The Morgan fingerprint density at radius 3 is 2.65 bits per heavy atom. The summed E-state index contributed by atoms with van der Waals surface area (Å²) in [6.07, 6.45) is 0.574. The number of aryl methyl sites for hydroxylation is 1. The highest BCUT2D eigenvalue weighted by Gasteiger charge is 2.32. The van der Waals surface area contributed by atoms with E-state index < -0.39 is 6.04 Å². The Morgan fingerprint density at radius 1 is 1.26 bits per heavy atom. The van der Waals surface area contributed by atoms with Crippen LogP contribution in [0.3, 0.4) is 0 Å². The zero-order chi connectivity index (χ0) is 16.4. The second-order valence-corrected chi connectivity index (χ2v) is 6.88. The van der Waals surface area contributed by atoms with E-state index in [1.165, 1.54) is 12.5 Å². The van der Waals surface area contributed by atoms with Crippen molar-refractivity contribution in [1.29, 1.82) is 0 Å². The summed E-state index contributed by atoms with van der Waals surface area (Å²) in [7, 11) is 0. The highest BCUT2D eigenvalue weighted by Crippen LogP contribution is 2.24. The number of nitrogens with one attached hydrogen (secondary N) is 1. The molecule has 0 spiro atoms. The molecule has 1 aliphatic heterocycles. The van der Waals surface area contributed by atoms with Crippen LogP contribution in [0.2, 0.25) is 0 Å². The van der Waals surface area contributed by atoms with Gasteiger partial charge in [0.05, 0.1) is 6.54 Å². The number of rotatable bonds is 3. The average Bonchev–Trinajstić information content (AvgIpc) is 2.96. The van der Waals surface area contributed by atoms with Crippen LogP contribution in [0.5, 0.6) is 0 Å². The van der Waals surface area contributed by atoms with Gasteiger partial charge in [-0.1, -0.05) is 24.3 Å². The molecule has 1 N–H and O–H groups in total. The maximum absolute atomic E-state index is 12.6. The Kier molecular flexibility index (Phi) is 4.48. The second kappa shape index (κ2) is 6.54. The van der Waals surface area contributed by atoms with Crippen molar-refractivity contribution >= 4 is 23.2 Å². The van der Waals surface area contributed by atoms with Crippen molar-refractivity contribution in [2.45, 2.75) is 39.4 Å². The van der Waals surface area contributed by atoms with Crippen molar-refractivity contribution in [3.8, 4) is 0 Å². The minimum Gasteiger partial charge on any atom is -0.349 e. The van der Waals surface area contributed by atoms with Crippen molar-refractivity contribution in [2.24, 2.45) is 0 Å². The van der Waals surface area contributed by atoms with Gasteiger partial charge in [-0.25, -0.2) is 0 Å². The molecule has 1 aromatic heterocycles. The van der Waals surface area contributed by atoms with Gasteiger partial charge < -0.3 is 10.2 Å². The Labute approximate surface area is 140 Å². The third-order valence-electron chi connectivity index (χ3n) is 4.35. The van der Waals surface area contributed by atoms with Crippen LogP contribution in [0.4, 0.5) is 0 Å². The number of hydrogen-bond acceptors (Lipinski definition) is 3. The van der Waals surface area contributed by atoms with Gasteiger partial charge in [0, 0.05) is 24.8 Å². The van der Waals surface area contributed by atoms with Crippen LogP contribution in [0.25, 0.3) is 0 Å². The zero-order valence-corrected chi connectivity index (χ0v) is 14.2. The molecule has 0 bridgehead atoms. The Morgan fingerprint density at radius 2 is 2.00 bits per heavy atom. The highest BCUT2D eigenvalue weighted by molar-refractivity contribution is 7.10. The maximum Gasteiger partial charge on any atom is 0.243 e. The van der Waals surface area contributed by atoms with Crippen molar-refractivity contribution in [1.82, 2.24) is 10.2 Å². The van der Waals surface area contributed by atoms with E-state index in [4.69, 9.17) is 0 Å². The minimum absolute atomic E-state index is 0.0630. The molecule has 2 amide bonds. The standard InChI is InChI=1S/C18H20N2O2S/c1-12-7-8-23-17(12)10-19-18(22)16-9-14-5-3-4-6-15(14)11-20(16)13(2)21/h3-8,16H,9-11H2,1-2H3,(H,19,22)/t16-/m1/s1. The van der Waals surface area contributed by atoms with E-state index in [0.717, 1.165) is 16.0 Å². The van der Waals surface area contributed by atoms with E-state index in [1.54, 1.807) is 16.2 Å². The summed E-state index contributed by atoms with van der Waals surface area (Å²) in [6.45, 7) is 4.59. The van der Waals surface area contributed by atoms with Crippen molar-refractivity contribution in [3.05, 3.63) is 57.3 Å².